The summed E-state index contributed by atoms with van der Waals surface area (Å²) >= 11 is 9.97. The van der Waals surface area contributed by atoms with Crippen LogP contribution in [0.25, 0.3) is 11.1 Å². The molecule has 0 N–H and O–H groups in total. The van der Waals surface area contributed by atoms with Gasteiger partial charge in [0.05, 0.1) is 5.38 Å². The first kappa shape index (κ1) is 13.7. The summed E-state index contributed by atoms with van der Waals surface area (Å²) in [6, 6.07) is 13.9. The quantitative estimate of drug-likeness (QED) is 0.589. The predicted molar refractivity (Wildman–Crippen MR) is 85.2 cm³/mol. The van der Waals surface area contributed by atoms with Gasteiger partial charge in [-0.1, -0.05) is 34.1 Å². The molecular formula is C16H13BrClNO. The van der Waals surface area contributed by atoms with Gasteiger partial charge in [-0.05, 0) is 42.3 Å². The van der Waals surface area contributed by atoms with Gasteiger partial charge in [-0.15, -0.1) is 11.6 Å². The van der Waals surface area contributed by atoms with Crippen LogP contribution in [0.4, 0.5) is 0 Å². The third kappa shape index (κ3) is 2.74. The topological polar surface area (TPSA) is 26.0 Å². The van der Waals surface area contributed by atoms with Crippen molar-refractivity contribution in [1.29, 1.82) is 0 Å². The van der Waals surface area contributed by atoms with Crippen LogP contribution in [0.15, 0.2) is 51.4 Å². The van der Waals surface area contributed by atoms with Crippen LogP contribution >= 0.6 is 27.5 Å². The van der Waals surface area contributed by atoms with Gasteiger partial charge in [0.25, 0.3) is 0 Å². The van der Waals surface area contributed by atoms with E-state index >= 15 is 0 Å². The Morgan fingerprint density at radius 1 is 1.25 bits per heavy atom. The van der Waals surface area contributed by atoms with Gasteiger partial charge in [0.2, 0.25) is 0 Å². The van der Waals surface area contributed by atoms with E-state index in [2.05, 4.69) is 33.9 Å². The standard InChI is InChI=1S/C16H13BrClNO/c1-10-8-11(17)6-7-12(10)13(18)9-16-19-14-4-2-3-5-15(14)20-16/h2-8,13H,9H2,1H3. The summed E-state index contributed by atoms with van der Waals surface area (Å²) in [7, 11) is 0. The van der Waals surface area contributed by atoms with E-state index in [9.17, 15) is 0 Å². The lowest BCUT2D eigenvalue weighted by Gasteiger charge is -2.11. The predicted octanol–water partition coefficient (Wildman–Crippen LogP) is 5.42. The molecule has 1 heterocycles. The molecular weight excluding hydrogens is 338 g/mol. The van der Waals surface area contributed by atoms with E-state index in [1.807, 2.05) is 36.4 Å². The van der Waals surface area contributed by atoms with Crippen LogP contribution in [0, 0.1) is 6.92 Å². The summed E-state index contributed by atoms with van der Waals surface area (Å²) in [6.07, 6.45) is 0.582. The fourth-order valence-electron chi connectivity index (χ4n) is 2.26. The lowest BCUT2D eigenvalue weighted by molar-refractivity contribution is 0.525. The summed E-state index contributed by atoms with van der Waals surface area (Å²) in [5.41, 5.74) is 3.95. The van der Waals surface area contributed by atoms with E-state index in [0.29, 0.717) is 12.3 Å². The Morgan fingerprint density at radius 2 is 2.05 bits per heavy atom. The van der Waals surface area contributed by atoms with E-state index in [0.717, 1.165) is 26.7 Å². The molecule has 0 aliphatic rings. The van der Waals surface area contributed by atoms with Crippen LogP contribution in [0.5, 0.6) is 0 Å². The molecule has 0 radical (unpaired) electrons. The lowest BCUT2D eigenvalue weighted by atomic mass is 10.0. The maximum Gasteiger partial charge on any atom is 0.197 e. The largest absolute Gasteiger partial charge is 0.441 e. The Labute approximate surface area is 130 Å². The minimum absolute atomic E-state index is 0.142. The molecule has 2 aromatic carbocycles. The first-order valence-corrected chi connectivity index (χ1v) is 7.61. The highest BCUT2D eigenvalue weighted by Gasteiger charge is 2.15. The van der Waals surface area contributed by atoms with Gasteiger partial charge in [-0.2, -0.15) is 0 Å². The highest BCUT2D eigenvalue weighted by molar-refractivity contribution is 9.10. The molecule has 3 rings (SSSR count). The molecule has 0 amide bonds. The van der Waals surface area contributed by atoms with Crippen molar-refractivity contribution in [2.45, 2.75) is 18.7 Å². The monoisotopic (exact) mass is 349 g/mol. The summed E-state index contributed by atoms with van der Waals surface area (Å²) in [5, 5.41) is -0.142. The van der Waals surface area contributed by atoms with Crippen molar-refractivity contribution in [3.05, 3.63) is 64.0 Å². The number of alkyl halides is 1. The van der Waals surface area contributed by atoms with E-state index in [4.69, 9.17) is 16.0 Å². The van der Waals surface area contributed by atoms with Crippen molar-refractivity contribution >= 4 is 38.6 Å². The number of rotatable bonds is 3. The molecule has 0 aliphatic carbocycles. The highest BCUT2D eigenvalue weighted by atomic mass is 79.9. The van der Waals surface area contributed by atoms with Crippen molar-refractivity contribution in [3.63, 3.8) is 0 Å². The van der Waals surface area contributed by atoms with Gasteiger partial charge in [-0.25, -0.2) is 4.98 Å². The van der Waals surface area contributed by atoms with Gasteiger partial charge < -0.3 is 4.42 Å². The molecule has 0 saturated carbocycles. The van der Waals surface area contributed by atoms with Crippen LogP contribution in [0.1, 0.15) is 22.4 Å². The zero-order valence-corrected chi connectivity index (χ0v) is 13.3. The number of oxazole rings is 1. The maximum atomic E-state index is 6.51. The fraction of sp³-hybridized carbons (Fsp3) is 0.188. The summed E-state index contributed by atoms with van der Waals surface area (Å²) in [5.74, 6) is 0.675. The molecule has 0 saturated heterocycles. The van der Waals surface area contributed by atoms with Crippen molar-refractivity contribution in [2.75, 3.05) is 0 Å². The zero-order chi connectivity index (χ0) is 14.1. The van der Waals surface area contributed by atoms with Crippen LogP contribution < -0.4 is 0 Å². The first-order chi connectivity index (χ1) is 9.63. The molecule has 102 valence electrons. The molecule has 0 spiro atoms. The minimum Gasteiger partial charge on any atom is -0.441 e. The fourth-order valence-corrected chi connectivity index (χ4v) is 3.11. The van der Waals surface area contributed by atoms with Crippen LogP contribution in [0.3, 0.4) is 0 Å². The molecule has 1 atom stereocenters. The van der Waals surface area contributed by atoms with Crippen LogP contribution in [0.2, 0.25) is 0 Å². The Kier molecular flexibility index (Phi) is 3.81. The van der Waals surface area contributed by atoms with Gasteiger partial charge >= 0.3 is 0 Å². The molecule has 1 unspecified atom stereocenters. The number of aromatic nitrogens is 1. The van der Waals surface area contributed by atoms with Crippen molar-refractivity contribution in [2.24, 2.45) is 0 Å². The van der Waals surface area contributed by atoms with Crippen molar-refractivity contribution in [3.8, 4) is 0 Å². The number of halogens is 2. The second-order valence-electron chi connectivity index (χ2n) is 4.75. The van der Waals surface area contributed by atoms with Crippen molar-refractivity contribution < 1.29 is 4.42 Å². The smallest absolute Gasteiger partial charge is 0.197 e. The number of hydrogen-bond acceptors (Lipinski definition) is 2. The van der Waals surface area contributed by atoms with Crippen LogP contribution in [-0.2, 0) is 6.42 Å². The van der Waals surface area contributed by atoms with Gasteiger partial charge in [0.1, 0.15) is 5.52 Å². The van der Waals surface area contributed by atoms with Crippen LogP contribution in [-0.4, -0.2) is 4.98 Å². The molecule has 3 aromatic rings. The molecule has 20 heavy (non-hydrogen) atoms. The van der Waals surface area contributed by atoms with Crippen molar-refractivity contribution in [1.82, 2.24) is 4.98 Å². The van der Waals surface area contributed by atoms with Gasteiger partial charge in [-0.3, -0.25) is 0 Å². The number of hydrogen-bond donors (Lipinski definition) is 0. The molecule has 4 heteroatoms. The summed E-state index contributed by atoms with van der Waals surface area (Å²) in [4.78, 5) is 4.47. The van der Waals surface area contributed by atoms with E-state index in [1.54, 1.807) is 0 Å². The lowest BCUT2D eigenvalue weighted by Crippen LogP contribution is -1.98. The second kappa shape index (κ2) is 5.58. The van der Waals surface area contributed by atoms with E-state index in [-0.39, 0.29) is 5.38 Å². The average Bonchev–Trinajstić information content (AvgIpc) is 2.80. The number of aryl methyl sites for hydroxylation is 1. The SMILES string of the molecule is Cc1cc(Br)ccc1C(Cl)Cc1nc2ccccc2o1. The number of para-hydroxylation sites is 2. The Morgan fingerprint density at radius 3 is 2.80 bits per heavy atom. The molecule has 2 nitrogen and oxygen atoms in total. The highest BCUT2D eigenvalue weighted by Crippen LogP contribution is 2.30. The summed E-state index contributed by atoms with van der Waals surface area (Å²) in [6.45, 7) is 2.06. The first-order valence-electron chi connectivity index (χ1n) is 6.38. The average molecular weight is 351 g/mol. The zero-order valence-electron chi connectivity index (χ0n) is 10.9. The normalized spacial score (nSPS) is 12.8. The van der Waals surface area contributed by atoms with E-state index < -0.39 is 0 Å². The Balaban J connectivity index is 1.86. The molecule has 0 aliphatic heterocycles. The number of benzene rings is 2. The third-order valence-corrected chi connectivity index (χ3v) is 4.14. The minimum atomic E-state index is -0.142. The molecule has 0 bridgehead atoms. The van der Waals surface area contributed by atoms with Gasteiger partial charge in [0.15, 0.2) is 11.5 Å². The molecule has 1 aromatic heterocycles. The second-order valence-corrected chi connectivity index (χ2v) is 6.19. The Hall–Kier alpha value is -1.32. The Bertz CT molecular complexity index is 720. The van der Waals surface area contributed by atoms with Gasteiger partial charge in [0, 0.05) is 10.9 Å². The van der Waals surface area contributed by atoms with E-state index in [1.165, 1.54) is 0 Å². The number of nitrogens with zero attached hydrogens (tertiary/aromatic N) is 1. The molecule has 0 fully saturated rings. The summed E-state index contributed by atoms with van der Waals surface area (Å²) < 4.78 is 6.78. The third-order valence-electron chi connectivity index (χ3n) is 3.26. The maximum absolute atomic E-state index is 6.51. The number of fused-ring (bicyclic) bond motifs is 1.